The third-order valence-corrected chi connectivity index (χ3v) is 3.67. The lowest BCUT2D eigenvalue weighted by atomic mass is 10.1. The summed E-state index contributed by atoms with van der Waals surface area (Å²) in [5.41, 5.74) is -0.854. The summed E-state index contributed by atoms with van der Waals surface area (Å²) in [5.74, 6) is -2.17. The van der Waals surface area contributed by atoms with E-state index in [1.807, 2.05) is 0 Å². The fourth-order valence-corrected chi connectivity index (χ4v) is 2.45. The average molecular weight is 363 g/mol. The van der Waals surface area contributed by atoms with E-state index in [0.717, 1.165) is 18.5 Å². The number of nitro groups is 1. The van der Waals surface area contributed by atoms with Gasteiger partial charge in [0, 0.05) is 5.56 Å². The Morgan fingerprint density at radius 3 is 2.36 bits per heavy atom. The number of halogens is 3. The predicted octanol–water partition coefficient (Wildman–Crippen LogP) is 4.73. The molecule has 0 fully saturated rings. The van der Waals surface area contributed by atoms with Crippen molar-refractivity contribution in [3.8, 4) is 11.3 Å². The molecule has 0 aliphatic heterocycles. The summed E-state index contributed by atoms with van der Waals surface area (Å²) < 4.78 is 27.6. The number of nitrogens with one attached hydrogen (secondary N) is 1. The maximum Gasteiger partial charge on any atom is 0.337 e. The Morgan fingerprint density at radius 2 is 1.72 bits per heavy atom. The highest BCUT2D eigenvalue weighted by Crippen LogP contribution is 2.37. The van der Waals surface area contributed by atoms with Crippen molar-refractivity contribution >= 4 is 28.8 Å². The van der Waals surface area contributed by atoms with E-state index in [0.29, 0.717) is 5.56 Å². The van der Waals surface area contributed by atoms with Gasteiger partial charge in [-0.1, -0.05) is 35.9 Å². The van der Waals surface area contributed by atoms with E-state index >= 15 is 0 Å². The van der Waals surface area contributed by atoms with Gasteiger partial charge in [0.2, 0.25) is 5.82 Å². The van der Waals surface area contributed by atoms with Crippen LogP contribution in [-0.2, 0) is 0 Å². The summed E-state index contributed by atoms with van der Waals surface area (Å²) in [4.78, 5) is 18.5. The number of hydrogen-bond acceptors (Lipinski definition) is 5. The lowest BCUT2D eigenvalue weighted by Crippen LogP contribution is -2.05. The van der Waals surface area contributed by atoms with E-state index in [1.54, 1.807) is 24.3 Å². The van der Waals surface area contributed by atoms with Crippen LogP contribution in [0.1, 0.15) is 0 Å². The smallest absolute Gasteiger partial charge is 0.330 e. The van der Waals surface area contributed by atoms with Crippen LogP contribution in [-0.4, -0.2) is 14.9 Å². The second-order valence-electron chi connectivity index (χ2n) is 4.88. The molecular weight excluding hydrogens is 354 g/mol. The molecule has 0 amide bonds. The molecule has 0 radical (unpaired) electrons. The molecule has 0 aliphatic carbocycles. The van der Waals surface area contributed by atoms with Crippen LogP contribution in [0.2, 0.25) is 5.02 Å². The number of benzene rings is 2. The van der Waals surface area contributed by atoms with Gasteiger partial charge in [0.05, 0.1) is 9.95 Å². The Morgan fingerprint density at radius 1 is 1.04 bits per heavy atom. The molecule has 25 heavy (non-hydrogen) atoms. The second-order valence-corrected chi connectivity index (χ2v) is 5.29. The fraction of sp³-hybridized carbons (Fsp3) is 0. The number of para-hydroxylation sites is 1. The Labute approximate surface area is 145 Å². The van der Waals surface area contributed by atoms with Crippen molar-refractivity contribution in [3.05, 3.63) is 75.6 Å². The van der Waals surface area contributed by atoms with Gasteiger partial charge in [-0.25, -0.2) is 18.7 Å². The van der Waals surface area contributed by atoms with Gasteiger partial charge in [-0.15, -0.1) is 0 Å². The summed E-state index contributed by atoms with van der Waals surface area (Å²) in [6, 6.07) is 9.61. The van der Waals surface area contributed by atoms with Crippen LogP contribution in [0.3, 0.4) is 0 Å². The molecular formula is C16H9ClF2N4O2. The first kappa shape index (κ1) is 16.7. The van der Waals surface area contributed by atoms with E-state index < -0.39 is 27.9 Å². The predicted molar refractivity (Wildman–Crippen MR) is 88.8 cm³/mol. The summed E-state index contributed by atoms with van der Waals surface area (Å²) in [5, 5.41) is 14.1. The van der Waals surface area contributed by atoms with E-state index in [-0.39, 0.29) is 16.5 Å². The van der Waals surface area contributed by atoms with Crippen molar-refractivity contribution < 1.29 is 13.7 Å². The maximum absolute atomic E-state index is 13.8. The van der Waals surface area contributed by atoms with Crippen molar-refractivity contribution in [2.75, 3.05) is 5.32 Å². The van der Waals surface area contributed by atoms with Gasteiger partial charge in [-0.05, 0) is 18.2 Å². The van der Waals surface area contributed by atoms with Crippen molar-refractivity contribution in [3.63, 3.8) is 0 Å². The lowest BCUT2D eigenvalue weighted by molar-refractivity contribution is -0.383. The molecule has 1 aromatic heterocycles. The third kappa shape index (κ3) is 3.24. The van der Waals surface area contributed by atoms with Gasteiger partial charge >= 0.3 is 5.69 Å². The standard InChI is InChI=1S/C16H9ClF2N4O2/c17-10-5-2-1-4-9(10)13-15(23(24)25)16(21-8-20-13)22-14-11(18)6-3-7-12(14)19/h1-8H,(H,20,21,22). The minimum Gasteiger partial charge on any atom is -0.330 e. The Bertz CT molecular complexity index is 948. The topological polar surface area (TPSA) is 81.0 Å². The van der Waals surface area contributed by atoms with Crippen LogP contribution in [0.4, 0.5) is 26.0 Å². The van der Waals surface area contributed by atoms with Crippen LogP contribution in [0, 0.1) is 21.7 Å². The molecule has 6 nitrogen and oxygen atoms in total. The summed E-state index contributed by atoms with van der Waals surface area (Å²) in [6.45, 7) is 0. The number of hydrogen-bond donors (Lipinski definition) is 1. The Balaban J connectivity index is 2.17. The Kier molecular flexibility index (Phi) is 4.53. The zero-order valence-corrected chi connectivity index (χ0v) is 13.2. The van der Waals surface area contributed by atoms with Crippen molar-refractivity contribution in [1.29, 1.82) is 0 Å². The quantitative estimate of drug-likeness (QED) is 0.536. The van der Waals surface area contributed by atoms with Crippen molar-refractivity contribution in [2.24, 2.45) is 0 Å². The van der Waals surface area contributed by atoms with E-state index in [9.17, 15) is 18.9 Å². The number of nitrogens with zero attached hydrogens (tertiary/aromatic N) is 3. The molecule has 9 heteroatoms. The van der Waals surface area contributed by atoms with Gasteiger partial charge in [0.25, 0.3) is 0 Å². The molecule has 0 atom stereocenters. The van der Waals surface area contributed by atoms with Gasteiger partial charge in [-0.2, -0.15) is 0 Å². The van der Waals surface area contributed by atoms with Gasteiger partial charge < -0.3 is 5.32 Å². The normalized spacial score (nSPS) is 10.5. The molecule has 0 saturated heterocycles. The molecule has 3 rings (SSSR count). The third-order valence-electron chi connectivity index (χ3n) is 3.34. The highest BCUT2D eigenvalue weighted by Gasteiger charge is 2.26. The second kappa shape index (κ2) is 6.78. The highest BCUT2D eigenvalue weighted by atomic mass is 35.5. The molecule has 126 valence electrons. The van der Waals surface area contributed by atoms with Gasteiger partial charge in [0.1, 0.15) is 23.6 Å². The molecule has 1 N–H and O–H groups in total. The number of anilines is 2. The summed E-state index contributed by atoms with van der Waals surface area (Å²) in [7, 11) is 0. The highest BCUT2D eigenvalue weighted by molar-refractivity contribution is 6.33. The average Bonchev–Trinajstić information content (AvgIpc) is 2.58. The molecule has 0 unspecified atom stereocenters. The zero-order chi connectivity index (χ0) is 18.0. The molecule has 0 spiro atoms. The van der Waals surface area contributed by atoms with Crippen LogP contribution in [0.5, 0.6) is 0 Å². The summed E-state index contributed by atoms with van der Waals surface area (Å²) in [6.07, 6.45) is 1.05. The van der Waals surface area contributed by atoms with Gasteiger partial charge in [-0.3, -0.25) is 10.1 Å². The molecule has 0 bridgehead atoms. The van der Waals surface area contributed by atoms with E-state index in [4.69, 9.17) is 11.6 Å². The van der Waals surface area contributed by atoms with E-state index in [2.05, 4.69) is 15.3 Å². The first-order valence-corrected chi connectivity index (χ1v) is 7.32. The molecule has 3 aromatic rings. The Hall–Kier alpha value is -3.13. The minimum absolute atomic E-state index is 0.0650. The molecule has 2 aromatic carbocycles. The lowest BCUT2D eigenvalue weighted by Gasteiger charge is -2.10. The first-order valence-electron chi connectivity index (χ1n) is 6.94. The molecule has 0 saturated carbocycles. The molecule has 0 aliphatic rings. The van der Waals surface area contributed by atoms with Crippen LogP contribution in [0.15, 0.2) is 48.8 Å². The summed E-state index contributed by atoms with van der Waals surface area (Å²) >= 11 is 6.07. The maximum atomic E-state index is 13.8. The van der Waals surface area contributed by atoms with Gasteiger partial charge in [0.15, 0.2) is 5.69 Å². The first-order chi connectivity index (χ1) is 12.0. The number of aromatic nitrogens is 2. The zero-order valence-electron chi connectivity index (χ0n) is 12.4. The van der Waals surface area contributed by atoms with Crippen molar-refractivity contribution in [1.82, 2.24) is 9.97 Å². The molecule has 1 heterocycles. The van der Waals surface area contributed by atoms with Crippen LogP contribution < -0.4 is 5.32 Å². The van der Waals surface area contributed by atoms with Crippen LogP contribution in [0.25, 0.3) is 11.3 Å². The van der Waals surface area contributed by atoms with E-state index in [1.165, 1.54) is 6.07 Å². The SMILES string of the molecule is O=[N+]([O-])c1c(Nc2c(F)cccc2F)ncnc1-c1ccccc1Cl. The monoisotopic (exact) mass is 362 g/mol. The van der Waals surface area contributed by atoms with Crippen molar-refractivity contribution in [2.45, 2.75) is 0 Å². The minimum atomic E-state index is -0.910. The number of rotatable bonds is 4. The largest absolute Gasteiger partial charge is 0.337 e. The fourth-order valence-electron chi connectivity index (χ4n) is 2.23. The van der Waals surface area contributed by atoms with Crippen LogP contribution >= 0.6 is 11.6 Å².